The summed E-state index contributed by atoms with van der Waals surface area (Å²) < 4.78 is 2.05. The zero-order chi connectivity index (χ0) is 20.1. The number of amides is 1. The molecule has 6 nitrogen and oxygen atoms in total. The molecule has 1 aliphatic heterocycles. The number of hydrogen-bond acceptors (Lipinski definition) is 5. The third kappa shape index (κ3) is 5.18. The number of hydrogen-bond donors (Lipinski definition) is 1. The number of rotatable bonds is 7. The van der Waals surface area contributed by atoms with Crippen LogP contribution in [0.5, 0.6) is 0 Å². The number of aromatic nitrogens is 3. The number of carbonyl (C=O) groups excluding carboxylic acids is 1. The predicted molar refractivity (Wildman–Crippen MR) is 117 cm³/mol. The molecule has 1 aliphatic rings. The van der Waals surface area contributed by atoms with Gasteiger partial charge in [0.2, 0.25) is 5.91 Å². The van der Waals surface area contributed by atoms with Crippen LogP contribution in [-0.2, 0) is 11.3 Å². The topological polar surface area (TPSA) is 63.1 Å². The maximum absolute atomic E-state index is 12.4. The minimum absolute atomic E-state index is 0.0963. The molecule has 0 unspecified atom stereocenters. The van der Waals surface area contributed by atoms with Gasteiger partial charge in [-0.05, 0) is 62.3 Å². The lowest BCUT2D eigenvalue weighted by molar-refractivity contribution is -0.113. The molecule has 150 valence electrons. The van der Waals surface area contributed by atoms with E-state index in [0.717, 1.165) is 42.0 Å². The summed E-state index contributed by atoms with van der Waals surface area (Å²) in [6, 6.07) is 17.1. The van der Waals surface area contributed by atoms with Gasteiger partial charge in [0, 0.05) is 16.4 Å². The molecule has 1 N–H and O–H groups in total. The van der Waals surface area contributed by atoms with Crippen molar-refractivity contribution in [3.8, 4) is 5.69 Å². The molecule has 1 saturated heterocycles. The van der Waals surface area contributed by atoms with Gasteiger partial charge in [0.05, 0.1) is 12.3 Å². The molecule has 2 heterocycles. The number of halogens is 1. The number of likely N-dealkylation sites (tertiary alicyclic amines) is 1. The number of para-hydroxylation sites is 1. The highest BCUT2D eigenvalue weighted by Gasteiger charge is 2.20. The second-order valence-corrected chi connectivity index (χ2v) is 8.28. The van der Waals surface area contributed by atoms with Crippen molar-refractivity contribution in [3.05, 3.63) is 65.4 Å². The Kier molecular flexibility index (Phi) is 6.49. The van der Waals surface area contributed by atoms with Crippen molar-refractivity contribution in [1.29, 1.82) is 0 Å². The quantitative estimate of drug-likeness (QED) is 0.571. The molecule has 29 heavy (non-hydrogen) atoms. The number of carbonyl (C=O) groups is 1. The molecule has 8 heteroatoms. The first-order valence-electron chi connectivity index (χ1n) is 9.59. The summed E-state index contributed by atoms with van der Waals surface area (Å²) in [5.74, 6) is 1.05. The second kappa shape index (κ2) is 9.43. The molecule has 0 saturated carbocycles. The van der Waals surface area contributed by atoms with Crippen LogP contribution >= 0.6 is 23.4 Å². The van der Waals surface area contributed by atoms with Crippen LogP contribution in [0.3, 0.4) is 0 Å². The SMILES string of the molecule is O=C(CSc1nnc(CN2CCCC2)n1-c1ccccc1)Nc1ccc(Cl)cc1. The lowest BCUT2D eigenvalue weighted by Gasteiger charge is -2.16. The van der Waals surface area contributed by atoms with Crippen LogP contribution in [0.25, 0.3) is 5.69 Å². The molecule has 3 aromatic rings. The minimum Gasteiger partial charge on any atom is -0.325 e. The summed E-state index contributed by atoms with van der Waals surface area (Å²) in [7, 11) is 0. The van der Waals surface area contributed by atoms with Gasteiger partial charge in [-0.15, -0.1) is 10.2 Å². The number of nitrogens with one attached hydrogen (secondary N) is 1. The highest BCUT2D eigenvalue weighted by molar-refractivity contribution is 7.99. The van der Waals surface area contributed by atoms with Gasteiger partial charge in [-0.2, -0.15) is 0 Å². The van der Waals surface area contributed by atoms with Crippen LogP contribution < -0.4 is 5.32 Å². The number of benzene rings is 2. The predicted octanol–water partition coefficient (Wildman–Crippen LogP) is 4.25. The number of nitrogens with zero attached hydrogens (tertiary/aromatic N) is 4. The highest BCUT2D eigenvalue weighted by atomic mass is 35.5. The number of thioether (sulfide) groups is 1. The summed E-state index contributed by atoms with van der Waals surface area (Å²) in [6.45, 7) is 2.95. The molecule has 0 spiro atoms. The molecule has 0 radical (unpaired) electrons. The van der Waals surface area contributed by atoms with Crippen LogP contribution in [0, 0.1) is 0 Å². The van der Waals surface area contributed by atoms with Crippen LogP contribution in [-0.4, -0.2) is 44.4 Å². The Hall–Kier alpha value is -2.35. The summed E-state index contributed by atoms with van der Waals surface area (Å²) in [5, 5.41) is 13.0. The Morgan fingerprint density at radius 3 is 2.48 bits per heavy atom. The molecular weight excluding hydrogens is 406 g/mol. The lowest BCUT2D eigenvalue weighted by atomic mass is 10.3. The second-order valence-electron chi connectivity index (χ2n) is 6.90. The molecule has 2 aromatic carbocycles. The first-order valence-corrected chi connectivity index (χ1v) is 11.0. The fourth-order valence-electron chi connectivity index (χ4n) is 3.33. The molecule has 0 atom stereocenters. The van der Waals surface area contributed by atoms with E-state index in [1.54, 1.807) is 24.3 Å². The van der Waals surface area contributed by atoms with E-state index in [9.17, 15) is 4.79 Å². The molecular formula is C21H22ClN5OS. The van der Waals surface area contributed by atoms with E-state index >= 15 is 0 Å². The average molecular weight is 428 g/mol. The van der Waals surface area contributed by atoms with Gasteiger partial charge < -0.3 is 5.32 Å². The van der Waals surface area contributed by atoms with Crippen LogP contribution in [0.2, 0.25) is 5.02 Å². The first-order chi connectivity index (χ1) is 14.2. The molecule has 4 rings (SSSR count). The van der Waals surface area contributed by atoms with E-state index in [1.807, 2.05) is 30.3 Å². The molecule has 1 fully saturated rings. The molecule has 0 bridgehead atoms. The number of anilines is 1. The normalized spacial score (nSPS) is 14.2. The van der Waals surface area contributed by atoms with Crippen molar-refractivity contribution in [2.24, 2.45) is 0 Å². The van der Waals surface area contributed by atoms with Gasteiger partial charge in [-0.1, -0.05) is 41.6 Å². The van der Waals surface area contributed by atoms with E-state index < -0.39 is 0 Å². The van der Waals surface area contributed by atoms with Gasteiger partial charge in [-0.25, -0.2) is 0 Å². The van der Waals surface area contributed by atoms with Crippen LogP contribution in [0.4, 0.5) is 5.69 Å². The zero-order valence-electron chi connectivity index (χ0n) is 15.9. The van der Waals surface area contributed by atoms with Crippen LogP contribution in [0.15, 0.2) is 59.8 Å². The zero-order valence-corrected chi connectivity index (χ0v) is 17.5. The monoisotopic (exact) mass is 427 g/mol. The lowest BCUT2D eigenvalue weighted by Crippen LogP contribution is -2.21. The largest absolute Gasteiger partial charge is 0.325 e. The maximum atomic E-state index is 12.4. The van der Waals surface area contributed by atoms with Crippen molar-refractivity contribution in [1.82, 2.24) is 19.7 Å². The van der Waals surface area contributed by atoms with Crippen molar-refractivity contribution in [2.45, 2.75) is 24.5 Å². The van der Waals surface area contributed by atoms with Crippen molar-refractivity contribution >= 4 is 35.0 Å². The Labute approximate surface area is 179 Å². The van der Waals surface area contributed by atoms with E-state index in [2.05, 4.69) is 25.0 Å². The fraction of sp³-hybridized carbons (Fsp3) is 0.286. The van der Waals surface area contributed by atoms with Gasteiger partial charge in [0.15, 0.2) is 11.0 Å². The molecule has 1 amide bonds. The van der Waals surface area contributed by atoms with E-state index in [-0.39, 0.29) is 11.7 Å². The summed E-state index contributed by atoms with van der Waals surface area (Å²) >= 11 is 7.27. The van der Waals surface area contributed by atoms with Gasteiger partial charge >= 0.3 is 0 Å². The summed E-state index contributed by atoms with van der Waals surface area (Å²) in [6.07, 6.45) is 2.46. The Bertz CT molecular complexity index is 955. The minimum atomic E-state index is -0.0963. The third-order valence-electron chi connectivity index (χ3n) is 4.74. The maximum Gasteiger partial charge on any atom is 0.234 e. The average Bonchev–Trinajstić information content (AvgIpc) is 3.39. The van der Waals surface area contributed by atoms with Gasteiger partial charge in [-0.3, -0.25) is 14.3 Å². The Balaban J connectivity index is 1.48. The smallest absolute Gasteiger partial charge is 0.234 e. The van der Waals surface area contributed by atoms with Crippen LogP contribution in [0.1, 0.15) is 18.7 Å². The van der Waals surface area contributed by atoms with Crippen molar-refractivity contribution in [2.75, 3.05) is 24.2 Å². The van der Waals surface area contributed by atoms with Crippen molar-refractivity contribution < 1.29 is 4.79 Å². The van der Waals surface area contributed by atoms with Gasteiger partial charge in [0.1, 0.15) is 0 Å². The Morgan fingerprint density at radius 2 is 1.76 bits per heavy atom. The van der Waals surface area contributed by atoms with E-state index in [1.165, 1.54) is 24.6 Å². The van der Waals surface area contributed by atoms with E-state index in [0.29, 0.717) is 5.02 Å². The fourth-order valence-corrected chi connectivity index (χ4v) is 4.23. The standard InChI is InChI=1S/C21H22ClN5OS/c22-16-8-10-17(11-9-16)23-20(28)15-29-21-25-24-19(14-26-12-4-5-13-26)27(21)18-6-2-1-3-7-18/h1-3,6-11H,4-5,12-15H2,(H,23,28). The van der Waals surface area contributed by atoms with Gasteiger partial charge in [0.25, 0.3) is 0 Å². The first kappa shape index (κ1) is 19.9. The highest BCUT2D eigenvalue weighted by Crippen LogP contribution is 2.24. The molecule has 1 aromatic heterocycles. The summed E-state index contributed by atoms with van der Waals surface area (Å²) in [4.78, 5) is 14.8. The summed E-state index contributed by atoms with van der Waals surface area (Å²) in [5.41, 5.74) is 1.73. The third-order valence-corrected chi connectivity index (χ3v) is 5.92. The van der Waals surface area contributed by atoms with Crippen molar-refractivity contribution in [3.63, 3.8) is 0 Å². The van der Waals surface area contributed by atoms with E-state index in [4.69, 9.17) is 11.6 Å². The molecule has 0 aliphatic carbocycles. The Morgan fingerprint density at radius 1 is 1.03 bits per heavy atom.